The average Bonchev–Trinajstić information content (AvgIpc) is 2.39. The lowest BCUT2D eigenvalue weighted by atomic mass is 9.97. The zero-order chi connectivity index (χ0) is 12.3. The maximum atomic E-state index is 10.2. The number of benzene rings is 1. The molecular weight excluding hydrogens is 210 g/mol. The number of aromatic nitrogens is 1. The van der Waals surface area contributed by atoms with Crippen LogP contribution in [0.2, 0.25) is 0 Å². The normalized spacial score (nSPS) is 12.7. The van der Waals surface area contributed by atoms with Crippen LogP contribution in [0.3, 0.4) is 0 Å². The van der Waals surface area contributed by atoms with Crippen LogP contribution in [-0.2, 0) is 0 Å². The maximum absolute atomic E-state index is 10.2. The molecule has 2 heteroatoms. The van der Waals surface area contributed by atoms with Crippen LogP contribution in [0, 0.1) is 0 Å². The molecule has 2 aromatic rings. The van der Waals surface area contributed by atoms with Crippen molar-refractivity contribution in [1.82, 2.24) is 4.98 Å². The number of aliphatic hydroxyl groups is 1. The van der Waals surface area contributed by atoms with E-state index in [1.165, 1.54) is 5.56 Å². The van der Waals surface area contributed by atoms with Gasteiger partial charge in [-0.3, -0.25) is 4.98 Å². The Kier molecular flexibility index (Phi) is 3.55. The summed E-state index contributed by atoms with van der Waals surface area (Å²) in [5, 5.41) is 10.2. The Balaban J connectivity index is 2.31. The molecule has 1 aromatic carbocycles. The van der Waals surface area contributed by atoms with Crippen molar-refractivity contribution < 1.29 is 5.11 Å². The largest absolute Gasteiger partial charge is 0.382 e. The highest BCUT2D eigenvalue weighted by Gasteiger charge is 2.12. The second kappa shape index (κ2) is 5.11. The average molecular weight is 227 g/mol. The van der Waals surface area contributed by atoms with E-state index < -0.39 is 6.10 Å². The Hall–Kier alpha value is -1.67. The summed E-state index contributed by atoms with van der Waals surface area (Å²) in [6.45, 7) is 4.29. The molecule has 1 N–H and O–H groups in total. The van der Waals surface area contributed by atoms with Crippen LogP contribution in [0.1, 0.15) is 42.7 Å². The molecule has 0 spiro atoms. The summed E-state index contributed by atoms with van der Waals surface area (Å²) in [6.07, 6.45) is 1.06. The molecular formula is C15H17NO. The highest BCUT2D eigenvalue weighted by Crippen LogP contribution is 2.23. The van der Waals surface area contributed by atoms with Gasteiger partial charge in [0.05, 0.1) is 5.69 Å². The lowest BCUT2D eigenvalue weighted by molar-refractivity contribution is 0.215. The molecule has 0 aliphatic heterocycles. The second-order valence-corrected chi connectivity index (χ2v) is 4.48. The number of nitrogens with zero attached hydrogens (tertiary/aromatic N) is 1. The first-order valence-electron chi connectivity index (χ1n) is 5.87. The van der Waals surface area contributed by atoms with Crippen LogP contribution < -0.4 is 0 Å². The van der Waals surface area contributed by atoms with Crippen molar-refractivity contribution in [2.75, 3.05) is 0 Å². The van der Waals surface area contributed by atoms with Gasteiger partial charge in [0.1, 0.15) is 6.10 Å². The van der Waals surface area contributed by atoms with Gasteiger partial charge in [0.15, 0.2) is 0 Å². The molecule has 1 atom stereocenters. The van der Waals surface area contributed by atoms with Crippen molar-refractivity contribution in [1.29, 1.82) is 0 Å². The minimum atomic E-state index is -0.644. The summed E-state index contributed by atoms with van der Waals surface area (Å²) in [6, 6.07) is 13.6. The third-order valence-corrected chi connectivity index (χ3v) is 2.86. The zero-order valence-corrected chi connectivity index (χ0v) is 10.2. The van der Waals surface area contributed by atoms with Crippen LogP contribution >= 0.6 is 0 Å². The van der Waals surface area contributed by atoms with Crippen molar-refractivity contribution in [3.05, 3.63) is 65.5 Å². The second-order valence-electron chi connectivity index (χ2n) is 4.48. The summed E-state index contributed by atoms with van der Waals surface area (Å²) in [5.41, 5.74) is 2.82. The van der Waals surface area contributed by atoms with Crippen molar-refractivity contribution in [2.45, 2.75) is 25.9 Å². The number of aliphatic hydroxyl groups excluding tert-OH is 1. The van der Waals surface area contributed by atoms with E-state index in [1.54, 1.807) is 6.20 Å². The molecule has 0 bridgehead atoms. The van der Waals surface area contributed by atoms with E-state index in [9.17, 15) is 5.11 Å². The molecule has 0 fully saturated rings. The number of hydrogen-bond acceptors (Lipinski definition) is 2. The lowest BCUT2D eigenvalue weighted by Crippen LogP contribution is -2.02. The van der Waals surface area contributed by atoms with E-state index in [-0.39, 0.29) is 0 Å². The van der Waals surface area contributed by atoms with E-state index in [1.807, 2.05) is 36.4 Å². The fraction of sp³-hybridized carbons (Fsp3) is 0.267. The highest BCUT2D eigenvalue weighted by atomic mass is 16.3. The van der Waals surface area contributed by atoms with Crippen molar-refractivity contribution in [3.63, 3.8) is 0 Å². The lowest BCUT2D eigenvalue weighted by Gasteiger charge is -2.13. The molecule has 0 aliphatic rings. The van der Waals surface area contributed by atoms with Gasteiger partial charge in [-0.2, -0.15) is 0 Å². The van der Waals surface area contributed by atoms with Crippen LogP contribution in [0.15, 0.2) is 48.7 Å². The third-order valence-electron chi connectivity index (χ3n) is 2.86. The van der Waals surface area contributed by atoms with E-state index in [0.717, 1.165) is 5.56 Å². The molecule has 0 amide bonds. The van der Waals surface area contributed by atoms with Gasteiger partial charge in [0.25, 0.3) is 0 Å². The van der Waals surface area contributed by atoms with Crippen LogP contribution in [0.5, 0.6) is 0 Å². The van der Waals surface area contributed by atoms with Gasteiger partial charge >= 0.3 is 0 Å². The van der Waals surface area contributed by atoms with Crippen LogP contribution in [0.25, 0.3) is 0 Å². The van der Waals surface area contributed by atoms with Gasteiger partial charge in [0, 0.05) is 6.20 Å². The van der Waals surface area contributed by atoms with Gasteiger partial charge in [-0.05, 0) is 29.2 Å². The topological polar surface area (TPSA) is 33.1 Å². The molecule has 1 aromatic heterocycles. The molecule has 0 radical (unpaired) electrons. The molecule has 1 heterocycles. The quantitative estimate of drug-likeness (QED) is 0.872. The molecule has 0 saturated heterocycles. The molecule has 2 nitrogen and oxygen atoms in total. The summed E-state index contributed by atoms with van der Waals surface area (Å²) in [4.78, 5) is 4.18. The minimum absolute atomic E-state index is 0.464. The molecule has 0 unspecified atom stereocenters. The summed E-state index contributed by atoms with van der Waals surface area (Å²) < 4.78 is 0. The van der Waals surface area contributed by atoms with Gasteiger partial charge < -0.3 is 5.11 Å². The smallest absolute Gasteiger partial charge is 0.121 e. The van der Waals surface area contributed by atoms with Gasteiger partial charge in [-0.15, -0.1) is 0 Å². The fourth-order valence-corrected chi connectivity index (χ4v) is 1.80. The van der Waals surface area contributed by atoms with Crippen molar-refractivity contribution in [2.24, 2.45) is 0 Å². The Morgan fingerprint density at radius 1 is 1.00 bits per heavy atom. The molecule has 17 heavy (non-hydrogen) atoms. The number of rotatable bonds is 3. The Bertz CT molecular complexity index is 479. The summed E-state index contributed by atoms with van der Waals surface area (Å²) >= 11 is 0. The van der Waals surface area contributed by atoms with Gasteiger partial charge in [-0.1, -0.05) is 44.2 Å². The van der Waals surface area contributed by atoms with Crippen molar-refractivity contribution >= 4 is 0 Å². The zero-order valence-electron chi connectivity index (χ0n) is 10.2. The van der Waals surface area contributed by atoms with Gasteiger partial charge in [-0.25, -0.2) is 0 Å². The third kappa shape index (κ3) is 2.71. The summed E-state index contributed by atoms with van der Waals surface area (Å²) in [7, 11) is 0. The first-order chi connectivity index (χ1) is 8.18. The maximum Gasteiger partial charge on any atom is 0.121 e. The SMILES string of the molecule is CC(C)c1cccc([C@H](O)c2ccccn2)c1. The predicted molar refractivity (Wildman–Crippen MR) is 68.8 cm³/mol. The predicted octanol–water partition coefficient (Wildman–Crippen LogP) is 3.29. The highest BCUT2D eigenvalue weighted by molar-refractivity contribution is 5.31. The first-order valence-corrected chi connectivity index (χ1v) is 5.87. The first kappa shape index (κ1) is 11.8. The Morgan fingerprint density at radius 3 is 2.41 bits per heavy atom. The van der Waals surface area contributed by atoms with Crippen LogP contribution in [-0.4, -0.2) is 10.1 Å². The number of hydrogen-bond donors (Lipinski definition) is 1. The number of pyridine rings is 1. The Labute approximate surface area is 102 Å². The molecule has 2 rings (SSSR count). The van der Waals surface area contributed by atoms with E-state index in [0.29, 0.717) is 11.6 Å². The standard InChI is InChI=1S/C15H17NO/c1-11(2)12-6-5-7-13(10-12)15(17)14-8-3-4-9-16-14/h3-11,15,17H,1-2H3/t15-/m0/s1. The monoisotopic (exact) mass is 227 g/mol. The van der Waals surface area contributed by atoms with E-state index >= 15 is 0 Å². The van der Waals surface area contributed by atoms with Crippen molar-refractivity contribution in [3.8, 4) is 0 Å². The van der Waals surface area contributed by atoms with E-state index in [4.69, 9.17) is 0 Å². The Morgan fingerprint density at radius 2 is 1.76 bits per heavy atom. The van der Waals surface area contributed by atoms with Crippen LogP contribution in [0.4, 0.5) is 0 Å². The summed E-state index contributed by atoms with van der Waals surface area (Å²) in [5.74, 6) is 0.464. The fourth-order valence-electron chi connectivity index (χ4n) is 1.80. The van der Waals surface area contributed by atoms with E-state index in [2.05, 4.69) is 24.9 Å². The minimum Gasteiger partial charge on any atom is -0.382 e. The molecule has 0 aliphatic carbocycles. The van der Waals surface area contributed by atoms with Gasteiger partial charge in [0.2, 0.25) is 0 Å². The molecule has 0 saturated carbocycles. The molecule has 88 valence electrons.